The van der Waals surface area contributed by atoms with Crippen LogP contribution in [0.25, 0.3) is 10.9 Å². The van der Waals surface area contributed by atoms with Crippen molar-refractivity contribution in [1.82, 2.24) is 4.57 Å². The summed E-state index contributed by atoms with van der Waals surface area (Å²) in [6.07, 6.45) is 3.48. The van der Waals surface area contributed by atoms with Crippen LogP contribution in [0.3, 0.4) is 0 Å². The molecule has 18 heavy (non-hydrogen) atoms. The first-order valence-corrected chi connectivity index (χ1v) is 6.17. The normalized spacial score (nSPS) is 14.4. The predicted molar refractivity (Wildman–Crippen MR) is 75.5 cm³/mol. The molecule has 2 heterocycles. The minimum absolute atomic E-state index is 0. The number of para-hydroxylation sites is 1. The van der Waals surface area contributed by atoms with Gasteiger partial charge in [0.25, 0.3) is 0 Å². The maximum Gasteiger partial charge on any atom is 0.231 e. The van der Waals surface area contributed by atoms with Crippen molar-refractivity contribution in [2.45, 2.75) is 25.7 Å². The van der Waals surface area contributed by atoms with Gasteiger partial charge >= 0.3 is 0 Å². The molecule has 0 atom stereocenters. The number of carbonyl (C=O) groups is 1. The SMILES string of the molecule is Cl.NCCc1c2n(c3ccccc13)C(=O)CCC2. The molecule has 4 heteroatoms. The van der Waals surface area contributed by atoms with Crippen LogP contribution in [0, 0.1) is 0 Å². The molecule has 0 saturated carbocycles. The Kier molecular flexibility index (Phi) is 3.73. The van der Waals surface area contributed by atoms with Gasteiger partial charge in [0.05, 0.1) is 5.52 Å². The Morgan fingerprint density at radius 3 is 2.78 bits per heavy atom. The van der Waals surface area contributed by atoms with Crippen LogP contribution in [0.5, 0.6) is 0 Å². The second kappa shape index (κ2) is 5.12. The molecule has 0 saturated heterocycles. The van der Waals surface area contributed by atoms with E-state index in [1.54, 1.807) is 0 Å². The third kappa shape index (κ3) is 1.84. The van der Waals surface area contributed by atoms with Crippen LogP contribution in [0.2, 0.25) is 0 Å². The van der Waals surface area contributed by atoms with Crippen LogP contribution in [-0.2, 0) is 12.8 Å². The highest BCUT2D eigenvalue weighted by atomic mass is 35.5. The van der Waals surface area contributed by atoms with E-state index in [0.29, 0.717) is 13.0 Å². The lowest BCUT2D eigenvalue weighted by Gasteiger charge is -2.15. The van der Waals surface area contributed by atoms with Crippen molar-refractivity contribution in [3.8, 4) is 0 Å². The zero-order chi connectivity index (χ0) is 11.8. The van der Waals surface area contributed by atoms with Crippen molar-refractivity contribution in [3.63, 3.8) is 0 Å². The Bertz CT molecular complexity index is 589. The fraction of sp³-hybridized carbons (Fsp3) is 0.357. The molecule has 96 valence electrons. The van der Waals surface area contributed by atoms with Gasteiger partial charge in [0.15, 0.2) is 0 Å². The quantitative estimate of drug-likeness (QED) is 0.906. The number of hydrogen-bond acceptors (Lipinski definition) is 2. The van der Waals surface area contributed by atoms with Gasteiger partial charge in [-0.05, 0) is 37.4 Å². The lowest BCUT2D eigenvalue weighted by atomic mass is 10.0. The van der Waals surface area contributed by atoms with Gasteiger partial charge in [0.1, 0.15) is 0 Å². The van der Waals surface area contributed by atoms with Gasteiger partial charge in [-0.3, -0.25) is 9.36 Å². The number of aromatic nitrogens is 1. The van der Waals surface area contributed by atoms with Gasteiger partial charge < -0.3 is 5.73 Å². The van der Waals surface area contributed by atoms with E-state index >= 15 is 0 Å². The number of nitrogens with two attached hydrogens (primary N) is 1. The molecule has 2 aromatic rings. The summed E-state index contributed by atoms with van der Waals surface area (Å²) < 4.78 is 1.91. The van der Waals surface area contributed by atoms with E-state index in [2.05, 4.69) is 6.07 Å². The Labute approximate surface area is 112 Å². The smallest absolute Gasteiger partial charge is 0.231 e. The molecular formula is C14H17ClN2O. The van der Waals surface area contributed by atoms with E-state index in [1.165, 1.54) is 16.6 Å². The van der Waals surface area contributed by atoms with Crippen LogP contribution in [0.1, 0.15) is 28.9 Å². The van der Waals surface area contributed by atoms with Gasteiger partial charge in [-0.2, -0.15) is 0 Å². The Morgan fingerprint density at radius 1 is 1.22 bits per heavy atom. The third-order valence-electron chi connectivity index (χ3n) is 3.54. The molecule has 0 unspecified atom stereocenters. The summed E-state index contributed by atoms with van der Waals surface area (Å²) in [5, 5.41) is 1.20. The minimum atomic E-state index is 0. The number of halogens is 1. The molecule has 0 amide bonds. The second-order valence-corrected chi connectivity index (χ2v) is 4.56. The zero-order valence-electron chi connectivity index (χ0n) is 10.2. The van der Waals surface area contributed by atoms with Gasteiger partial charge in [-0.1, -0.05) is 18.2 Å². The van der Waals surface area contributed by atoms with Crippen LogP contribution >= 0.6 is 12.4 Å². The number of hydrogen-bond donors (Lipinski definition) is 1. The van der Waals surface area contributed by atoms with E-state index in [9.17, 15) is 4.79 Å². The van der Waals surface area contributed by atoms with E-state index < -0.39 is 0 Å². The Hall–Kier alpha value is -1.32. The molecule has 2 N–H and O–H groups in total. The molecule has 1 aliphatic rings. The minimum Gasteiger partial charge on any atom is -0.330 e. The molecule has 3 rings (SSSR count). The summed E-state index contributed by atoms with van der Waals surface area (Å²) in [6.45, 7) is 0.634. The average Bonchev–Trinajstić information content (AvgIpc) is 2.66. The lowest BCUT2D eigenvalue weighted by molar-refractivity contribution is 0.0889. The van der Waals surface area contributed by atoms with Gasteiger partial charge in [-0.25, -0.2) is 0 Å². The number of benzene rings is 1. The van der Waals surface area contributed by atoms with Crippen molar-refractivity contribution >= 4 is 29.2 Å². The molecular weight excluding hydrogens is 248 g/mol. The summed E-state index contributed by atoms with van der Waals surface area (Å²) in [5.74, 6) is 0.228. The highest BCUT2D eigenvalue weighted by Crippen LogP contribution is 2.30. The molecule has 0 bridgehead atoms. The maximum atomic E-state index is 12.0. The van der Waals surface area contributed by atoms with Crippen molar-refractivity contribution in [2.24, 2.45) is 5.73 Å². The van der Waals surface area contributed by atoms with Gasteiger partial charge in [-0.15, -0.1) is 12.4 Å². The summed E-state index contributed by atoms with van der Waals surface area (Å²) >= 11 is 0. The fourth-order valence-corrected chi connectivity index (χ4v) is 2.85. The highest BCUT2D eigenvalue weighted by Gasteiger charge is 2.23. The van der Waals surface area contributed by atoms with Crippen LogP contribution in [0.4, 0.5) is 0 Å². The van der Waals surface area contributed by atoms with Crippen LogP contribution in [-0.4, -0.2) is 17.0 Å². The number of fused-ring (bicyclic) bond motifs is 3. The van der Waals surface area contributed by atoms with E-state index in [0.717, 1.165) is 24.8 Å². The summed E-state index contributed by atoms with van der Waals surface area (Å²) in [4.78, 5) is 12.0. The molecule has 0 aliphatic carbocycles. The number of carbonyl (C=O) groups excluding carboxylic acids is 1. The first-order valence-electron chi connectivity index (χ1n) is 6.17. The summed E-state index contributed by atoms with van der Waals surface area (Å²) in [5.41, 5.74) is 9.20. The number of rotatable bonds is 2. The van der Waals surface area contributed by atoms with Crippen molar-refractivity contribution in [2.75, 3.05) is 6.54 Å². The first kappa shape index (κ1) is 13.1. The van der Waals surface area contributed by atoms with E-state index in [-0.39, 0.29) is 18.3 Å². The summed E-state index contributed by atoms with van der Waals surface area (Å²) in [6, 6.07) is 8.14. The fourth-order valence-electron chi connectivity index (χ4n) is 2.85. The van der Waals surface area contributed by atoms with E-state index in [4.69, 9.17) is 5.73 Å². The van der Waals surface area contributed by atoms with Gasteiger partial charge in [0.2, 0.25) is 5.91 Å². The Balaban J connectivity index is 0.00000120. The molecule has 0 spiro atoms. The van der Waals surface area contributed by atoms with Crippen molar-refractivity contribution in [1.29, 1.82) is 0 Å². The van der Waals surface area contributed by atoms with Gasteiger partial charge in [0, 0.05) is 17.5 Å². The van der Waals surface area contributed by atoms with Crippen LogP contribution in [0.15, 0.2) is 24.3 Å². The molecule has 3 nitrogen and oxygen atoms in total. The molecule has 0 radical (unpaired) electrons. The van der Waals surface area contributed by atoms with Crippen molar-refractivity contribution < 1.29 is 4.79 Å². The lowest BCUT2D eigenvalue weighted by Crippen LogP contribution is -2.19. The standard InChI is InChI=1S/C14H16N2O.ClH/c15-9-8-11-10-4-1-2-5-12(10)16-13(11)6-3-7-14(16)17;/h1-2,4-5H,3,6-9,15H2;1H. The van der Waals surface area contributed by atoms with Crippen LogP contribution < -0.4 is 5.73 Å². The van der Waals surface area contributed by atoms with E-state index in [1.807, 2.05) is 22.8 Å². The largest absolute Gasteiger partial charge is 0.330 e. The molecule has 0 fully saturated rings. The number of nitrogens with zero attached hydrogens (tertiary/aromatic N) is 1. The van der Waals surface area contributed by atoms with Crippen molar-refractivity contribution in [3.05, 3.63) is 35.5 Å². The molecule has 1 aromatic carbocycles. The summed E-state index contributed by atoms with van der Waals surface area (Å²) in [7, 11) is 0. The predicted octanol–water partition coefficient (Wildman–Crippen LogP) is 2.54. The average molecular weight is 265 g/mol. The highest BCUT2D eigenvalue weighted by molar-refractivity contribution is 5.96. The maximum absolute atomic E-state index is 12.0. The topological polar surface area (TPSA) is 48.0 Å². The molecule has 1 aromatic heterocycles. The monoisotopic (exact) mass is 264 g/mol. The molecule has 1 aliphatic heterocycles. The third-order valence-corrected chi connectivity index (χ3v) is 3.54. The first-order chi connectivity index (χ1) is 8.33. The zero-order valence-corrected chi connectivity index (χ0v) is 11.0. The Morgan fingerprint density at radius 2 is 2.00 bits per heavy atom. The second-order valence-electron chi connectivity index (χ2n) is 4.56.